The molecule has 6 heteroatoms. The first kappa shape index (κ1) is 12.2. The summed E-state index contributed by atoms with van der Waals surface area (Å²) in [6, 6.07) is 3.60. The zero-order valence-corrected chi connectivity index (χ0v) is 10.4. The van der Waals surface area contributed by atoms with E-state index in [1.807, 2.05) is 11.8 Å². The van der Waals surface area contributed by atoms with E-state index >= 15 is 0 Å². The van der Waals surface area contributed by atoms with E-state index in [0.717, 1.165) is 23.9 Å². The van der Waals surface area contributed by atoms with Gasteiger partial charge in [-0.25, -0.2) is 4.98 Å². The fourth-order valence-corrected chi connectivity index (χ4v) is 2.87. The van der Waals surface area contributed by atoms with Gasteiger partial charge >= 0.3 is 0 Å². The summed E-state index contributed by atoms with van der Waals surface area (Å²) < 4.78 is 0. The highest BCUT2D eigenvalue weighted by molar-refractivity contribution is 7.99. The lowest BCUT2D eigenvalue weighted by Gasteiger charge is -2.12. The molecular weight excluding hydrogens is 238 g/mol. The lowest BCUT2D eigenvalue weighted by molar-refractivity contribution is -0.385. The molecule has 1 fully saturated rings. The molecule has 1 saturated carbocycles. The van der Waals surface area contributed by atoms with E-state index < -0.39 is 4.92 Å². The number of nitro groups is 1. The fourth-order valence-electron chi connectivity index (χ4n) is 2.07. The minimum absolute atomic E-state index is 0.0314. The van der Waals surface area contributed by atoms with Gasteiger partial charge in [0.2, 0.25) is 0 Å². The molecule has 92 valence electrons. The first-order valence-corrected chi connectivity index (χ1v) is 6.87. The number of rotatable bonds is 4. The van der Waals surface area contributed by atoms with Crippen LogP contribution in [0, 0.1) is 10.1 Å². The SMILES string of the molecule is CSC1CCC(Nc2ccc([N+](=O)[O-])cn2)C1. The van der Waals surface area contributed by atoms with Crippen LogP contribution in [0.1, 0.15) is 19.3 Å². The second kappa shape index (κ2) is 5.35. The third-order valence-electron chi connectivity index (χ3n) is 3.03. The third kappa shape index (κ3) is 3.09. The van der Waals surface area contributed by atoms with Gasteiger partial charge in [-0.3, -0.25) is 10.1 Å². The van der Waals surface area contributed by atoms with Crippen LogP contribution in [0.25, 0.3) is 0 Å². The molecule has 1 heterocycles. The normalized spacial score (nSPS) is 23.6. The smallest absolute Gasteiger partial charge is 0.287 e. The number of anilines is 1. The van der Waals surface area contributed by atoms with Crippen LogP contribution in [0.4, 0.5) is 11.5 Å². The molecule has 0 saturated heterocycles. The van der Waals surface area contributed by atoms with Gasteiger partial charge in [-0.2, -0.15) is 11.8 Å². The number of nitrogens with one attached hydrogen (secondary N) is 1. The van der Waals surface area contributed by atoms with Crippen LogP contribution in [-0.2, 0) is 0 Å². The molecule has 1 aromatic heterocycles. The lowest BCUT2D eigenvalue weighted by Crippen LogP contribution is -2.16. The summed E-state index contributed by atoms with van der Waals surface area (Å²) in [6.07, 6.45) is 6.94. The van der Waals surface area contributed by atoms with Gasteiger partial charge in [0.25, 0.3) is 5.69 Å². The molecule has 0 aliphatic heterocycles. The average Bonchev–Trinajstić information content (AvgIpc) is 2.77. The van der Waals surface area contributed by atoms with Gasteiger partial charge in [-0.15, -0.1) is 0 Å². The maximum absolute atomic E-state index is 10.5. The maximum Gasteiger partial charge on any atom is 0.287 e. The standard InChI is InChI=1S/C11H15N3O2S/c1-17-10-4-2-8(6-10)13-11-5-3-9(7-12-11)14(15)16/h3,5,7-8,10H,2,4,6H2,1H3,(H,12,13). The molecule has 2 unspecified atom stereocenters. The van der Waals surface area contributed by atoms with Crippen molar-refractivity contribution in [3.8, 4) is 0 Å². The van der Waals surface area contributed by atoms with Gasteiger partial charge in [0, 0.05) is 17.4 Å². The molecule has 1 aliphatic carbocycles. The van der Waals surface area contributed by atoms with E-state index in [1.54, 1.807) is 6.07 Å². The Balaban J connectivity index is 1.93. The molecule has 0 radical (unpaired) electrons. The van der Waals surface area contributed by atoms with Crippen molar-refractivity contribution < 1.29 is 4.92 Å². The molecule has 2 rings (SSSR count). The summed E-state index contributed by atoms with van der Waals surface area (Å²) in [6.45, 7) is 0. The van der Waals surface area contributed by atoms with Crippen molar-refractivity contribution in [3.63, 3.8) is 0 Å². The Hall–Kier alpha value is -1.30. The number of hydrogen-bond donors (Lipinski definition) is 1. The predicted molar refractivity (Wildman–Crippen MR) is 69.5 cm³/mol. The van der Waals surface area contributed by atoms with Gasteiger partial charge in [-0.05, 0) is 31.6 Å². The van der Waals surface area contributed by atoms with Crippen LogP contribution in [-0.4, -0.2) is 27.5 Å². The molecule has 1 aliphatic rings. The number of hydrogen-bond acceptors (Lipinski definition) is 5. The molecule has 17 heavy (non-hydrogen) atoms. The second-order valence-electron chi connectivity index (χ2n) is 4.17. The van der Waals surface area contributed by atoms with Crippen LogP contribution in [0.3, 0.4) is 0 Å². The molecular formula is C11H15N3O2S. The van der Waals surface area contributed by atoms with Crippen LogP contribution in [0.5, 0.6) is 0 Å². The largest absolute Gasteiger partial charge is 0.367 e. The van der Waals surface area contributed by atoms with Gasteiger partial charge in [0.05, 0.1) is 4.92 Å². The maximum atomic E-state index is 10.5. The van der Waals surface area contributed by atoms with E-state index in [1.165, 1.54) is 18.7 Å². The molecule has 5 nitrogen and oxygen atoms in total. The van der Waals surface area contributed by atoms with E-state index in [9.17, 15) is 10.1 Å². The van der Waals surface area contributed by atoms with E-state index in [4.69, 9.17) is 0 Å². The van der Waals surface area contributed by atoms with Gasteiger partial charge < -0.3 is 5.32 Å². The van der Waals surface area contributed by atoms with Crippen molar-refractivity contribution in [2.24, 2.45) is 0 Å². The Labute approximate surface area is 104 Å². The number of pyridine rings is 1. The Kier molecular flexibility index (Phi) is 3.83. The molecule has 0 aromatic carbocycles. The predicted octanol–water partition coefficient (Wildman–Crippen LogP) is 2.69. The molecule has 1 aromatic rings. The highest BCUT2D eigenvalue weighted by atomic mass is 32.2. The summed E-state index contributed by atoms with van der Waals surface area (Å²) >= 11 is 1.90. The molecule has 0 amide bonds. The van der Waals surface area contributed by atoms with E-state index in [-0.39, 0.29) is 5.69 Å². The summed E-state index contributed by atoms with van der Waals surface area (Å²) in [5.74, 6) is 0.724. The third-order valence-corrected chi connectivity index (χ3v) is 4.12. The quantitative estimate of drug-likeness (QED) is 0.660. The fraction of sp³-hybridized carbons (Fsp3) is 0.545. The minimum atomic E-state index is -0.434. The Morgan fingerprint density at radius 3 is 2.88 bits per heavy atom. The summed E-state index contributed by atoms with van der Waals surface area (Å²) in [5, 5.41) is 14.5. The topological polar surface area (TPSA) is 68.1 Å². The van der Waals surface area contributed by atoms with Crippen molar-refractivity contribution in [3.05, 3.63) is 28.4 Å². The van der Waals surface area contributed by atoms with Gasteiger partial charge in [0.1, 0.15) is 12.0 Å². The lowest BCUT2D eigenvalue weighted by atomic mass is 10.2. The molecule has 0 spiro atoms. The van der Waals surface area contributed by atoms with Crippen LogP contribution in [0.2, 0.25) is 0 Å². The van der Waals surface area contributed by atoms with Crippen molar-refractivity contribution in [2.45, 2.75) is 30.6 Å². The second-order valence-corrected chi connectivity index (χ2v) is 5.31. The van der Waals surface area contributed by atoms with E-state index in [2.05, 4.69) is 16.6 Å². The van der Waals surface area contributed by atoms with Crippen molar-refractivity contribution in [1.82, 2.24) is 4.98 Å². The minimum Gasteiger partial charge on any atom is -0.367 e. The van der Waals surface area contributed by atoms with Crippen LogP contribution < -0.4 is 5.32 Å². The first-order valence-electron chi connectivity index (χ1n) is 5.59. The number of aromatic nitrogens is 1. The van der Waals surface area contributed by atoms with E-state index in [0.29, 0.717) is 6.04 Å². The molecule has 2 atom stereocenters. The van der Waals surface area contributed by atoms with Crippen molar-refractivity contribution >= 4 is 23.3 Å². The first-order chi connectivity index (χ1) is 8.19. The number of thioether (sulfide) groups is 1. The average molecular weight is 253 g/mol. The Bertz CT molecular complexity index is 396. The highest BCUT2D eigenvalue weighted by Gasteiger charge is 2.23. The summed E-state index contributed by atoms with van der Waals surface area (Å²) in [5.41, 5.74) is 0.0314. The van der Waals surface area contributed by atoms with Crippen molar-refractivity contribution in [1.29, 1.82) is 0 Å². The summed E-state index contributed by atoms with van der Waals surface area (Å²) in [7, 11) is 0. The Morgan fingerprint density at radius 1 is 1.53 bits per heavy atom. The summed E-state index contributed by atoms with van der Waals surface area (Å²) in [4.78, 5) is 14.1. The monoisotopic (exact) mass is 253 g/mol. The van der Waals surface area contributed by atoms with Crippen molar-refractivity contribution in [2.75, 3.05) is 11.6 Å². The molecule has 0 bridgehead atoms. The Morgan fingerprint density at radius 2 is 2.35 bits per heavy atom. The molecule has 1 N–H and O–H groups in total. The van der Waals surface area contributed by atoms with Crippen LogP contribution >= 0.6 is 11.8 Å². The highest BCUT2D eigenvalue weighted by Crippen LogP contribution is 2.29. The van der Waals surface area contributed by atoms with Gasteiger partial charge in [-0.1, -0.05) is 0 Å². The zero-order chi connectivity index (χ0) is 12.3. The number of nitrogens with zero attached hydrogens (tertiary/aromatic N) is 2. The van der Waals surface area contributed by atoms with Gasteiger partial charge in [0.15, 0.2) is 0 Å². The zero-order valence-electron chi connectivity index (χ0n) is 9.63. The van der Waals surface area contributed by atoms with Crippen LogP contribution in [0.15, 0.2) is 18.3 Å².